The predicted octanol–water partition coefficient (Wildman–Crippen LogP) is 2.89. The van der Waals surface area contributed by atoms with Gasteiger partial charge in [0.15, 0.2) is 6.10 Å². The molecule has 1 heterocycles. The summed E-state index contributed by atoms with van der Waals surface area (Å²) >= 11 is 0. The highest BCUT2D eigenvalue weighted by Gasteiger charge is 2.25. The van der Waals surface area contributed by atoms with E-state index in [1.165, 1.54) is 6.20 Å². The zero-order valence-electron chi connectivity index (χ0n) is 11.9. The van der Waals surface area contributed by atoms with Crippen molar-refractivity contribution in [3.05, 3.63) is 42.2 Å². The van der Waals surface area contributed by atoms with Crippen molar-refractivity contribution in [1.29, 1.82) is 0 Å². The number of nitrogens with zero attached hydrogens (tertiary/aromatic N) is 1. The fraction of sp³-hybridized carbons (Fsp3) is 0.312. The Bertz CT molecular complexity index is 661. The fourth-order valence-electron chi connectivity index (χ4n) is 2.10. The highest BCUT2D eigenvalue weighted by atomic mass is 16.6. The molecule has 5 nitrogen and oxygen atoms in total. The third kappa shape index (κ3) is 3.56. The van der Waals surface area contributed by atoms with Crippen LogP contribution in [0.15, 0.2) is 36.7 Å². The third-order valence-corrected chi connectivity index (χ3v) is 3.10. The summed E-state index contributed by atoms with van der Waals surface area (Å²) in [6.07, 6.45) is 2.18. The molecule has 0 saturated heterocycles. The first-order valence-corrected chi connectivity index (χ1v) is 6.75. The number of carbonyl (C=O) groups is 2. The first kappa shape index (κ1) is 15.0. The summed E-state index contributed by atoms with van der Waals surface area (Å²) in [4.78, 5) is 27.4. The van der Waals surface area contributed by atoms with Gasteiger partial charge in [-0.1, -0.05) is 38.1 Å². The number of carbonyl (C=O) groups excluding carboxylic acids is 1. The van der Waals surface area contributed by atoms with E-state index in [2.05, 4.69) is 4.98 Å². The van der Waals surface area contributed by atoms with Gasteiger partial charge in [-0.3, -0.25) is 4.98 Å². The number of aromatic nitrogens is 1. The number of rotatable bonds is 5. The molecule has 0 spiro atoms. The van der Waals surface area contributed by atoms with Crippen molar-refractivity contribution < 1.29 is 19.4 Å². The smallest absolute Gasteiger partial charge is 0.345 e. The molecule has 1 N–H and O–H groups in total. The largest absolute Gasteiger partial charge is 0.479 e. The molecule has 0 aliphatic rings. The number of carboxylic acid groups (broad SMARTS) is 1. The van der Waals surface area contributed by atoms with E-state index >= 15 is 0 Å². The monoisotopic (exact) mass is 287 g/mol. The lowest BCUT2D eigenvalue weighted by atomic mass is 10.1. The maximum atomic E-state index is 12.2. The van der Waals surface area contributed by atoms with Gasteiger partial charge in [0.1, 0.15) is 0 Å². The number of ether oxygens (including phenoxy) is 1. The molecule has 0 bridgehead atoms. The van der Waals surface area contributed by atoms with Crippen molar-refractivity contribution in [3.8, 4) is 0 Å². The van der Waals surface area contributed by atoms with Crippen LogP contribution in [0.3, 0.4) is 0 Å². The first-order valence-electron chi connectivity index (χ1n) is 6.75. The van der Waals surface area contributed by atoms with Gasteiger partial charge in [-0.25, -0.2) is 9.59 Å². The van der Waals surface area contributed by atoms with Crippen LogP contribution in [0.5, 0.6) is 0 Å². The van der Waals surface area contributed by atoms with E-state index in [1.54, 1.807) is 12.3 Å². The van der Waals surface area contributed by atoms with Crippen LogP contribution >= 0.6 is 0 Å². The Kier molecular flexibility index (Phi) is 4.52. The van der Waals surface area contributed by atoms with Crippen LogP contribution in [-0.2, 0) is 9.53 Å². The fourth-order valence-corrected chi connectivity index (χ4v) is 2.10. The van der Waals surface area contributed by atoms with Gasteiger partial charge < -0.3 is 9.84 Å². The second-order valence-electron chi connectivity index (χ2n) is 5.27. The summed E-state index contributed by atoms with van der Waals surface area (Å²) in [7, 11) is 0. The molecule has 5 heteroatoms. The molecular weight excluding hydrogens is 270 g/mol. The number of pyridine rings is 1. The van der Waals surface area contributed by atoms with Gasteiger partial charge in [-0.15, -0.1) is 0 Å². The molecule has 0 unspecified atom stereocenters. The molecule has 110 valence electrons. The van der Waals surface area contributed by atoms with Crippen LogP contribution in [0.2, 0.25) is 0 Å². The summed E-state index contributed by atoms with van der Waals surface area (Å²) in [5, 5.41) is 10.6. The molecule has 1 aromatic heterocycles. The molecule has 0 saturated carbocycles. The molecule has 0 radical (unpaired) electrons. The van der Waals surface area contributed by atoms with Crippen molar-refractivity contribution >= 4 is 22.7 Å². The summed E-state index contributed by atoms with van der Waals surface area (Å²) < 4.78 is 5.14. The minimum absolute atomic E-state index is 0.115. The van der Waals surface area contributed by atoms with Gasteiger partial charge >= 0.3 is 11.9 Å². The number of hydrogen-bond donors (Lipinski definition) is 1. The average Bonchev–Trinajstić information content (AvgIpc) is 2.45. The molecule has 1 aromatic carbocycles. The summed E-state index contributed by atoms with van der Waals surface area (Å²) in [6, 6.07) is 7.27. The standard InChI is InChI=1S/C16H17NO4/c1-10(2)7-14(15(18)19)21-16(20)13-9-17-8-11-5-3-4-6-12(11)13/h3-6,8-10,14H,7H2,1-2H3,(H,18,19)/t14-/m1/s1. The summed E-state index contributed by atoms with van der Waals surface area (Å²) in [5.41, 5.74) is 0.281. The molecule has 0 fully saturated rings. The summed E-state index contributed by atoms with van der Waals surface area (Å²) in [5.74, 6) is -1.68. The van der Waals surface area contributed by atoms with Crippen molar-refractivity contribution in [3.63, 3.8) is 0 Å². The van der Waals surface area contributed by atoms with Gasteiger partial charge in [0.2, 0.25) is 0 Å². The number of aliphatic carboxylic acids is 1. The maximum Gasteiger partial charge on any atom is 0.345 e. The molecule has 0 aliphatic heterocycles. The van der Waals surface area contributed by atoms with Gasteiger partial charge in [-0.2, -0.15) is 0 Å². The zero-order chi connectivity index (χ0) is 15.4. The number of carboxylic acids is 1. The number of hydrogen-bond acceptors (Lipinski definition) is 4. The topological polar surface area (TPSA) is 76.5 Å². The first-order chi connectivity index (χ1) is 9.99. The van der Waals surface area contributed by atoms with Gasteiger partial charge in [0, 0.05) is 17.8 Å². The Morgan fingerprint density at radius 3 is 2.62 bits per heavy atom. The van der Waals surface area contributed by atoms with E-state index in [4.69, 9.17) is 9.84 Å². The third-order valence-electron chi connectivity index (χ3n) is 3.10. The predicted molar refractivity (Wildman–Crippen MR) is 78.0 cm³/mol. The minimum atomic E-state index is -1.14. The Morgan fingerprint density at radius 2 is 1.95 bits per heavy atom. The Hall–Kier alpha value is -2.43. The van der Waals surface area contributed by atoms with Gasteiger partial charge in [0.25, 0.3) is 0 Å². The van der Waals surface area contributed by atoms with Crippen molar-refractivity contribution in [2.24, 2.45) is 5.92 Å². The highest BCUT2D eigenvalue weighted by Crippen LogP contribution is 2.19. The number of fused-ring (bicyclic) bond motifs is 1. The molecule has 0 amide bonds. The zero-order valence-corrected chi connectivity index (χ0v) is 11.9. The summed E-state index contributed by atoms with van der Waals surface area (Å²) in [6.45, 7) is 3.76. The Labute approximate surface area is 122 Å². The Morgan fingerprint density at radius 1 is 1.24 bits per heavy atom. The lowest BCUT2D eigenvalue weighted by Gasteiger charge is -2.16. The van der Waals surface area contributed by atoms with Gasteiger partial charge in [0.05, 0.1) is 5.56 Å². The van der Waals surface area contributed by atoms with Crippen LogP contribution in [0.25, 0.3) is 10.8 Å². The van der Waals surface area contributed by atoms with E-state index in [9.17, 15) is 9.59 Å². The second kappa shape index (κ2) is 6.35. The van der Waals surface area contributed by atoms with Crippen LogP contribution in [0.4, 0.5) is 0 Å². The van der Waals surface area contributed by atoms with Crippen LogP contribution in [0, 0.1) is 5.92 Å². The van der Waals surface area contributed by atoms with Crippen LogP contribution < -0.4 is 0 Å². The second-order valence-corrected chi connectivity index (χ2v) is 5.27. The average molecular weight is 287 g/mol. The molecular formula is C16H17NO4. The normalized spacial score (nSPS) is 12.3. The lowest BCUT2D eigenvalue weighted by molar-refractivity contribution is -0.148. The molecule has 2 rings (SSSR count). The van der Waals surface area contributed by atoms with E-state index < -0.39 is 18.0 Å². The highest BCUT2D eigenvalue weighted by molar-refractivity contribution is 6.04. The maximum absolute atomic E-state index is 12.2. The van der Waals surface area contributed by atoms with Crippen molar-refractivity contribution in [1.82, 2.24) is 4.98 Å². The van der Waals surface area contributed by atoms with E-state index in [0.717, 1.165) is 5.39 Å². The van der Waals surface area contributed by atoms with E-state index in [0.29, 0.717) is 5.39 Å². The molecule has 2 aromatic rings. The number of esters is 1. The van der Waals surface area contributed by atoms with Crippen molar-refractivity contribution in [2.45, 2.75) is 26.4 Å². The SMILES string of the molecule is CC(C)C[C@@H](OC(=O)c1cncc2ccccc12)C(=O)O. The van der Waals surface area contributed by atoms with E-state index in [-0.39, 0.29) is 17.9 Å². The van der Waals surface area contributed by atoms with Crippen molar-refractivity contribution in [2.75, 3.05) is 0 Å². The molecule has 21 heavy (non-hydrogen) atoms. The molecule has 0 aliphatic carbocycles. The van der Waals surface area contributed by atoms with E-state index in [1.807, 2.05) is 32.0 Å². The Balaban J connectivity index is 2.27. The molecule has 1 atom stereocenters. The lowest BCUT2D eigenvalue weighted by Crippen LogP contribution is -2.28. The van der Waals surface area contributed by atoms with Crippen LogP contribution in [-0.4, -0.2) is 28.1 Å². The minimum Gasteiger partial charge on any atom is -0.479 e. The number of benzene rings is 1. The van der Waals surface area contributed by atoms with Gasteiger partial charge in [-0.05, 0) is 17.7 Å². The van der Waals surface area contributed by atoms with Crippen LogP contribution in [0.1, 0.15) is 30.6 Å². The quantitative estimate of drug-likeness (QED) is 0.856.